The molecule has 0 aliphatic rings. The van der Waals surface area contributed by atoms with Crippen molar-refractivity contribution in [3.05, 3.63) is 136 Å². The maximum absolute atomic E-state index is 13.2. The van der Waals surface area contributed by atoms with E-state index in [0.717, 1.165) is 16.1 Å². The van der Waals surface area contributed by atoms with Crippen LogP contribution in [0, 0.1) is 17.0 Å². The van der Waals surface area contributed by atoms with Gasteiger partial charge < -0.3 is 16.0 Å². The molecule has 0 spiro atoms. The number of nitrogens with zero attached hydrogens (tertiary/aromatic N) is 1. The molecule has 0 fully saturated rings. The first-order valence-corrected chi connectivity index (χ1v) is 13.5. The molecule has 0 unspecified atom stereocenters. The van der Waals surface area contributed by atoms with Crippen LogP contribution < -0.4 is 16.0 Å². The molecule has 0 atom stereocenters. The lowest BCUT2D eigenvalue weighted by atomic mass is 10.1. The molecule has 0 bridgehead atoms. The predicted octanol–water partition coefficient (Wildman–Crippen LogP) is 6.04. The van der Waals surface area contributed by atoms with Crippen LogP contribution in [0.5, 0.6) is 0 Å². The van der Waals surface area contributed by atoms with Gasteiger partial charge >= 0.3 is 0 Å². The van der Waals surface area contributed by atoms with E-state index in [-0.39, 0.29) is 28.6 Å². The van der Waals surface area contributed by atoms with Crippen molar-refractivity contribution < 1.29 is 19.3 Å². The highest BCUT2D eigenvalue weighted by Crippen LogP contribution is 2.23. The summed E-state index contributed by atoms with van der Waals surface area (Å²) in [6.45, 7) is 1.95. The fraction of sp³-hybridized carbons (Fsp3) is 0.0645. The molecular formula is C31H26N4O5S. The molecule has 0 heterocycles. The lowest BCUT2D eigenvalue weighted by Crippen LogP contribution is -2.30. The van der Waals surface area contributed by atoms with E-state index < -0.39 is 16.7 Å². The maximum atomic E-state index is 13.2. The van der Waals surface area contributed by atoms with Gasteiger partial charge in [-0.2, -0.15) is 0 Å². The molecule has 3 amide bonds. The van der Waals surface area contributed by atoms with Crippen LogP contribution in [0.4, 0.5) is 17.1 Å². The fourth-order valence-corrected chi connectivity index (χ4v) is 4.47. The number of hydrogen-bond acceptors (Lipinski definition) is 6. The first kappa shape index (κ1) is 28.8. The van der Waals surface area contributed by atoms with Gasteiger partial charge in [0.2, 0.25) is 5.91 Å². The highest BCUT2D eigenvalue weighted by molar-refractivity contribution is 8.00. The van der Waals surface area contributed by atoms with Gasteiger partial charge in [-0.05, 0) is 73.2 Å². The second kappa shape index (κ2) is 13.7. The van der Waals surface area contributed by atoms with E-state index in [1.54, 1.807) is 60.7 Å². The summed E-state index contributed by atoms with van der Waals surface area (Å²) in [7, 11) is 0. The molecule has 9 nitrogen and oxygen atoms in total. The van der Waals surface area contributed by atoms with Crippen LogP contribution in [-0.2, 0) is 9.59 Å². The average molecular weight is 567 g/mol. The largest absolute Gasteiger partial charge is 0.325 e. The van der Waals surface area contributed by atoms with E-state index in [2.05, 4.69) is 16.0 Å². The molecule has 3 N–H and O–H groups in total. The summed E-state index contributed by atoms with van der Waals surface area (Å²) in [4.78, 5) is 50.1. The van der Waals surface area contributed by atoms with Crippen LogP contribution >= 0.6 is 11.8 Å². The van der Waals surface area contributed by atoms with Gasteiger partial charge in [-0.3, -0.25) is 24.5 Å². The molecule has 0 aliphatic carbocycles. The monoisotopic (exact) mass is 566 g/mol. The third kappa shape index (κ3) is 8.38. The van der Waals surface area contributed by atoms with Crippen molar-refractivity contribution in [2.24, 2.45) is 0 Å². The molecule has 0 radical (unpaired) electrons. The number of anilines is 2. The molecule has 0 aromatic heterocycles. The molecule has 0 aliphatic heterocycles. The van der Waals surface area contributed by atoms with Gasteiger partial charge in [-0.15, -0.1) is 11.8 Å². The van der Waals surface area contributed by atoms with Crippen LogP contribution in [0.2, 0.25) is 0 Å². The smallest absolute Gasteiger partial charge is 0.276 e. The van der Waals surface area contributed by atoms with E-state index >= 15 is 0 Å². The first-order chi connectivity index (χ1) is 19.8. The molecule has 4 rings (SSSR count). The summed E-state index contributed by atoms with van der Waals surface area (Å²) in [5, 5.41) is 19.7. The topological polar surface area (TPSA) is 130 Å². The highest BCUT2D eigenvalue weighted by atomic mass is 32.2. The fourth-order valence-electron chi connectivity index (χ4n) is 3.78. The summed E-state index contributed by atoms with van der Waals surface area (Å²) < 4.78 is 0. The van der Waals surface area contributed by atoms with Gasteiger partial charge in [0.15, 0.2) is 0 Å². The normalized spacial score (nSPS) is 10.9. The lowest BCUT2D eigenvalue weighted by molar-refractivity contribution is -0.385. The van der Waals surface area contributed by atoms with Crippen molar-refractivity contribution in [3.63, 3.8) is 0 Å². The standard InChI is InChI=1S/C31H26N4O5S/c1-21-8-7-12-25(18-21)32-29(36)20-41-26-16-14-24(15-17-26)33-31(38)27(34-30(37)22-9-3-2-4-10-22)19-23-11-5-6-13-28(23)35(39)40/h2-19H,20H2,1H3,(H,32,36)(H,33,38)(H,34,37)/b27-19-. The number of carbonyl (C=O) groups is 3. The number of thioether (sulfide) groups is 1. The molecule has 41 heavy (non-hydrogen) atoms. The van der Waals surface area contributed by atoms with Crippen molar-refractivity contribution >= 4 is 52.6 Å². The van der Waals surface area contributed by atoms with Gasteiger partial charge in [0.1, 0.15) is 5.70 Å². The minimum Gasteiger partial charge on any atom is -0.325 e. The number of rotatable bonds is 10. The van der Waals surface area contributed by atoms with Crippen molar-refractivity contribution in [2.75, 3.05) is 16.4 Å². The number of para-hydroxylation sites is 1. The molecule has 10 heteroatoms. The van der Waals surface area contributed by atoms with E-state index in [0.29, 0.717) is 11.3 Å². The van der Waals surface area contributed by atoms with Crippen molar-refractivity contribution in [1.29, 1.82) is 0 Å². The van der Waals surface area contributed by atoms with Crippen LogP contribution in [0.15, 0.2) is 114 Å². The summed E-state index contributed by atoms with van der Waals surface area (Å²) in [6.07, 6.45) is 1.27. The zero-order valence-corrected chi connectivity index (χ0v) is 22.8. The zero-order valence-electron chi connectivity index (χ0n) is 22.0. The Morgan fingerprint density at radius 1 is 0.829 bits per heavy atom. The van der Waals surface area contributed by atoms with Crippen LogP contribution in [0.25, 0.3) is 6.08 Å². The lowest BCUT2D eigenvalue weighted by Gasteiger charge is -2.12. The number of aryl methyl sites for hydroxylation is 1. The average Bonchev–Trinajstić information content (AvgIpc) is 2.97. The summed E-state index contributed by atoms with van der Waals surface area (Å²) in [6, 6.07) is 28.6. The Bertz CT molecular complexity index is 1600. The minimum absolute atomic E-state index is 0.142. The number of nitro benzene ring substituents is 1. The van der Waals surface area contributed by atoms with Crippen LogP contribution in [0.3, 0.4) is 0 Å². The van der Waals surface area contributed by atoms with E-state index in [1.807, 2.05) is 31.2 Å². The minimum atomic E-state index is -0.662. The van der Waals surface area contributed by atoms with Gasteiger partial charge in [0.25, 0.3) is 17.5 Å². The maximum Gasteiger partial charge on any atom is 0.276 e. The number of nitrogens with one attached hydrogen (secondary N) is 3. The van der Waals surface area contributed by atoms with E-state index in [1.165, 1.54) is 36.0 Å². The van der Waals surface area contributed by atoms with Gasteiger partial charge in [0, 0.05) is 27.9 Å². The van der Waals surface area contributed by atoms with E-state index in [4.69, 9.17) is 0 Å². The van der Waals surface area contributed by atoms with E-state index in [9.17, 15) is 24.5 Å². The van der Waals surface area contributed by atoms with Crippen molar-refractivity contribution in [2.45, 2.75) is 11.8 Å². The Kier molecular flexibility index (Phi) is 9.63. The number of amides is 3. The molecular weight excluding hydrogens is 540 g/mol. The molecule has 0 saturated carbocycles. The third-order valence-corrected chi connectivity index (χ3v) is 6.76. The second-order valence-electron chi connectivity index (χ2n) is 8.88. The van der Waals surface area contributed by atoms with Crippen molar-refractivity contribution in [3.8, 4) is 0 Å². The first-order valence-electron chi connectivity index (χ1n) is 12.5. The third-order valence-electron chi connectivity index (χ3n) is 5.75. The Morgan fingerprint density at radius 3 is 2.24 bits per heavy atom. The number of benzene rings is 4. The van der Waals surface area contributed by atoms with Crippen molar-refractivity contribution in [1.82, 2.24) is 5.32 Å². The van der Waals surface area contributed by atoms with Gasteiger partial charge in [-0.25, -0.2) is 0 Å². The van der Waals surface area contributed by atoms with Gasteiger partial charge in [0.05, 0.1) is 16.2 Å². The number of nitro groups is 1. The Balaban J connectivity index is 1.45. The summed E-state index contributed by atoms with van der Waals surface area (Å²) >= 11 is 1.34. The molecule has 4 aromatic carbocycles. The quantitative estimate of drug-likeness (QED) is 0.0928. The SMILES string of the molecule is Cc1cccc(NC(=O)CSc2ccc(NC(=O)/C(=C/c3ccccc3[N+](=O)[O-])NC(=O)c3ccccc3)cc2)c1. The second-order valence-corrected chi connectivity index (χ2v) is 9.93. The molecule has 206 valence electrons. The molecule has 0 saturated heterocycles. The highest BCUT2D eigenvalue weighted by Gasteiger charge is 2.18. The van der Waals surface area contributed by atoms with Crippen LogP contribution in [-0.4, -0.2) is 28.4 Å². The Morgan fingerprint density at radius 2 is 1.54 bits per heavy atom. The number of carbonyl (C=O) groups excluding carboxylic acids is 3. The van der Waals surface area contributed by atoms with Crippen LogP contribution in [0.1, 0.15) is 21.5 Å². The Hall–Kier alpha value is -5.22. The van der Waals surface area contributed by atoms with Gasteiger partial charge in [-0.1, -0.05) is 42.5 Å². The number of hydrogen-bond donors (Lipinski definition) is 3. The molecule has 4 aromatic rings. The summed E-state index contributed by atoms with van der Waals surface area (Å²) in [5.74, 6) is -1.14. The Labute approximate surface area is 240 Å². The summed E-state index contributed by atoms with van der Waals surface area (Å²) in [5.41, 5.74) is 2.32. The predicted molar refractivity (Wildman–Crippen MR) is 161 cm³/mol. The zero-order chi connectivity index (χ0) is 29.2.